The Morgan fingerprint density at radius 2 is 1.84 bits per heavy atom. The summed E-state index contributed by atoms with van der Waals surface area (Å²) in [4.78, 5) is 11.5. The maximum atomic E-state index is 11.5. The second-order valence-electron chi connectivity index (χ2n) is 7.52. The molecule has 1 heterocycles. The monoisotopic (exact) mass is 382 g/mol. The number of thiophene rings is 1. The third-order valence-corrected chi connectivity index (χ3v) is 4.16. The zero-order chi connectivity index (χ0) is 19.3. The Bertz CT molecular complexity index is 664. The molecule has 25 heavy (non-hydrogen) atoms. The number of ether oxygens (including phenoxy) is 1. The third kappa shape index (κ3) is 7.28. The molecular formula is C17H26N4O2S2. The minimum absolute atomic E-state index is 0.103. The highest BCUT2D eigenvalue weighted by Crippen LogP contribution is 2.35. The van der Waals surface area contributed by atoms with E-state index in [9.17, 15) is 10.1 Å². The number of hydrogen-bond donors (Lipinski definition) is 3. The molecule has 0 aliphatic rings. The summed E-state index contributed by atoms with van der Waals surface area (Å²) >= 11 is 6.70. The molecule has 1 aromatic rings. The van der Waals surface area contributed by atoms with Crippen LogP contribution in [0.2, 0.25) is 0 Å². The lowest BCUT2D eigenvalue weighted by Gasteiger charge is -2.19. The van der Waals surface area contributed by atoms with Crippen molar-refractivity contribution in [3.8, 4) is 6.07 Å². The van der Waals surface area contributed by atoms with E-state index in [2.05, 4.69) is 42.8 Å². The minimum atomic E-state index is -0.522. The Hall–Kier alpha value is -1.85. The van der Waals surface area contributed by atoms with Crippen molar-refractivity contribution in [1.29, 1.82) is 5.26 Å². The lowest BCUT2D eigenvalue weighted by atomic mass is 9.86. The van der Waals surface area contributed by atoms with Crippen LogP contribution in [0.15, 0.2) is 5.38 Å². The predicted molar refractivity (Wildman–Crippen MR) is 106 cm³/mol. The van der Waals surface area contributed by atoms with Crippen LogP contribution < -0.4 is 16.0 Å². The van der Waals surface area contributed by atoms with Crippen LogP contribution in [0.5, 0.6) is 0 Å². The number of nitrogens with zero attached hydrogens (tertiary/aromatic N) is 1. The normalized spacial score (nSPS) is 11.4. The number of nitrogens with one attached hydrogen (secondary N) is 3. The van der Waals surface area contributed by atoms with E-state index in [1.54, 1.807) is 0 Å². The smallest absolute Gasteiger partial charge is 0.407 e. The van der Waals surface area contributed by atoms with Gasteiger partial charge in [0.05, 0.1) is 5.56 Å². The number of carbonyl (C=O) groups is 1. The fourth-order valence-corrected chi connectivity index (χ4v) is 3.33. The van der Waals surface area contributed by atoms with Gasteiger partial charge in [-0.2, -0.15) is 5.26 Å². The van der Waals surface area contributed by atoms with E-state index in [1.165, 1.54) is 11.3 Å². The molecule has 6 nitrogen and oxygen atoms in total. The molecule has 0 aliphatic heterocycles. The van der Waals surface area contributed by atoms with Gasteiger partial charge < -0.3 is 20.7 Å². The topological polar surface area (TPSA) is 86.2 Å². The highest BCUT2D eigenvalue weighted by Gasteiger charge is 2.22. The molecule has 0 saturated heterocycles. The number of alkyl carbamates (subject to hydrolysis) is 1. The molecule has 0 saturated carbocycles. The van der Waals surface area contributed by atoms with Crippen LogP contribution in [0.4, 0.5) is 9.80 Å². The van der Waals surface area contributed by atoms with Crippen LogP contribution in [0, 0.1) is 11.3 Å². The largest absolute Gasteiger partial charge is 0.444 e. The van der Waals surface area contributed by atoms with Crippen LogP contribution in [-0.2, 0) is 10.2 Å². The molecule has 0 bridgehead atoms. The highest BCUT2D eigenvalue weighted by atomic mass is 32.1. The minimum Gasteiger partial charge on any atom is -0.444 e. The summed E-state index contributed by atoms with van der Waals surface area (Å²) in [6.45, 7) is 12.5. The highest BCUT2D eigenvalue weighted by molar-refractivity contribution is 7.80. The molecule has 1 aromatic heterocycles. The molecular weight excluding hydrogens is 356 g/mol. The van der Waals surface area contributed by atoms with E-state index < -0.39 is 11.7 Å². The van der Waals surface area contributed by atoms with Gasteiger partial charge in [0.2, 0.25) is 0 Å². The molecule has 0 radical (unpaired) electrons. The lowest BCUT2D eigenvalue weighted by molar-refractivity contribution is 0.0529. The number of hydrogen-bond acceptors (Lipinski definition) is 5. The Morgan fingerprint density at radius 1 is 1.24 bits per heavy atom. The molecule has 1 rings (SSSR count). The van der Waals surface area contributed by atoms with Gasteiger partial charge in [-0.3, -0.25) is 0 Å². The van der Waals surface area contributed by atoms with Gasteiger partial charge in [-0.25, -0.2) is 4.79 Å². The standard InChI is InChI=1S/C17H26N4O2S2/c1-16(2,3)12-10-25-13(11(12)9-18)21-14(24)19-7-8-20-15(22)23-17(4,5)6/h10H,7-8H2,1-6H3,(H,20,22)(H2,19,21,24). The molecule has 0 aliphatic carbocycles. The van der Waals surface area contributed by atoms with Gasteiger partial charge in [-0.1, -0.05) is 20.8 Å². The fraction of sp³-hybridized carbons (Fsp3) is 0.588. The lowest BCUT2D eigenvalue weighted by Crippen LogP contribution is -2.39. The molecule has 8 heteroatoms. The second kappa shape index (κ2) is 8.50. The number of thiocarbonyl (C=S) groups is 1. The van der Waals surface area contributed by atoms with E-state index in [4.69, 9.17) is 17.0 Å². The Labute approximate surface area is 158 Å². The van der Waals surface area contributed by atoms with Gasteiger partial charge in [0.15, 0.2) is 5.11 Å². The maximum Gasteiger partial charge on any atom is 0.407 e. The van der Waals surface area contributed by atoms with Gasteiger partial charge in [-0.15, -0.1) is 11.3 Å². The average Bonchev–Trinajstić information content (AvgIpc) is 2.84. The first kappa shape index (κ1) is 21.2. The molecule has 0 aromatic carbocycles. The first-order valence-corrected chi connectivity index (χ1v) is 9.26. The van der Waals surface area contributed by atoms with Crippen molar-refractivity contribution < 1.29 is 9.53 Å². The number of nitriles is 1. The van der Waals surface area contributed by atoms with Gasteiger partial charge in [0.1, 0.15) is 16.7 Å². The summed E-state index contributed by atoms with van der Waals surface area (Å²) in [6, 6.07) is 2.25. The summed E-state index contributed by atoms with van der Waals surface area (Å²) in [5.74, 6) is 0. The van der Waals surface area contributed by atoms with E-state index in [0.717, 1.165) is 10.6 Å². The van der Waals surface area contributed by atoms with Crippen LogP contribution in [0.1, 0.15) is 52.7 Å². The first-order chi connectivity index (χ1) is 11.4. The molecule has 0 spiro atoms. The molecule has 0 fully saturated rings. The zero-order valence-corrected chi connectivity index (χ0v) is 17.2. The van der Waals surface area contributed by atoms with Gasteiger partial charge >= 0.3 is 6.09 Å². The molecule has 3 N–H and O–H groups in total. The molecule has 0 unspecified atom stereocenters. The number of anilines is 1. The van der Waals surface area contributed by atoms with Crippen molar-refractivity contribution in [3.05, 3.63) is 16.5 Å². The Kier molecular flexibility index (Phi) is 7.20. The Morgan fingerprint density at radius 3 is 2.36 bits per heavy atom. The Balaban J connectivity index is 2.47. The van der Waals surface area contributed by atoms with Crippen molar-refractivity contribution in [3.63, 3.8) is 0 Å². The van der Waals surface area contributed by atoms with E-state index in [-0.39, 0.29) is 5.41 Å². The predicted octanol–water partition coefficient (Wildman–Crippen LogP) is 3.73. The summed E-state index contributed by atoms with van der Waals surface area (Å²) in [5.41, 5.74) is 0.991. The second-order valence-corrected chi connectivity index (χ2v) is 8.81. The van der Waals surface area contributed by atoms with Gasteiger partial charge in [0, 0.05) is 13.1 Å². The SMILES string of the molecule is CC(C)(C)OC(=O)NCCNC(=S)Nc1scc(C(C)(C)C)c1C#N. The zero-order valence-electron chi connectivity index (χ0n) is 15.6. The van der Waals surface area contributed by atoms with Crippen LogP contribution in [-0.4, -0.2) is 29.9 Å². The summed E-state index contributed by atoms with van der Waals surface area (Å²) < 4.78 is 5.14. The summed E-state index contributed by atoms with van der Waals surface area (Å²) in [5, 5.41) is 21.2. The maximum absolute atomic E-state index is 11.5. The number of amides is 1. The van der Waals surface area contributed by atoms with Gasteiger partial charge in [0.25, 0.3) is 0 Å². The van der Waals surface area contributed by atoms with E-state index in [0.29, 0.717) is 23.8 Å². The van der Waals surface area contributed by atoms with E-state index in [1.807, 2.05) is 26.2 Å². The third-order valence-electron chi connectivity index (χ3n) is 3.02. The van der Waals surface area contributed by atoms with Crippen LogP contribution in [0.25, 0.3) is 0 Å². The number of carbonyl (C=O) groups excluding carboxylic acids is 1. The van der Waals surface area contributed by atoms with Crippen LogP contribution >= 0.6 is 23.6 Å². The molecule has 1 amide bonds. The van der Waals surface area contributed by atoms with Crippen molar-refractivity contribution in [2.24, 2.45) is 0 Å². The molecule has 0 atom stereocenters. The number of rotatable bonds is 4. The van der Waals surface area contributed by atoms with Crippen LogP contribution in [0.3, 0.4) is 0 Å². The fourth-order valence-electron chi connectivity index (χ4n) is 1.91. The summed E-state index contributed by atoms with van der Waals surface area (Å²) in [7, 11) is 0. The summed E-state index contributed by atoms with van der Waals surface area (Å²) in [6.07, 6.45) is -0.465. The first-order valence-electron chi connectivity index (χ1n) is 7.98. The quantitative estimate of drug-likeness (QED) is 0.543. The average molecular weight is 383 g/mol. The molecule has 138 valence electrons. The van der Waals surface area contributed by atoms with Crippen molar-refractivity contribution in [2.75, 3.05) is 18.4 Å². The van der Waals surface area contributed by atoms with Gasteiger partial charge in [-0.05, 0) is 49.3 Å². The van der Waals surface area contributed by atoms with E-state index >= 15 is 0 Å². The van der Waals surface area contributed by atoms with Crippen molar-refractivity contribution in [1.82, 2.24) is 10.6 Å². The van der Waals surface area contributed by atoms with Crippen molar-refractivity contribution in [2.45, 2.75) is 52.6 Å². The van der Waals surface area contributed by atoms with Crippen molar-refractivity contribution >= 4 is 39.8 Å².